The molecule has 122 valence electrons. The van der Waals surface area contributed by atoms with Crippen molar-refractivity contribution in [3.05, 3.63) is 35.3 Å². The molecule has 1 aromatic heterocycles. The summed E-state index contributed by atoms with van der Waals surface area (Å²) in [6.07, 6.45) is 2.62. The number of hydrogen-bond donors (Lipinski definition) is 2. The van der Waals surface area contributed by atoms with Gasteiger partial charge >= 0.3 is 6.09 Å². The quantitative estimate of drug-likeness (QED) is 0.832. The van der Waals surface area contributed by atoms with Gasteiger partial charge < -0.3 is 20.1 Å². The van der Waals surface area contributed by atoms with Gasteiger partial charge in [-0.2, -0.15) is 0 Å². The number of nitrogens with zero attached hydrogens (tertiary/aromatic N) is 2. The number of halogens is 1. The smallest absolute Gasteiger partial charge is 0.404 e. The Balaban J connectivity index is 1.61. The van der Waals surface area contributed by atoms with E-state index in [1.54, 1.807) is 6.07 Å². The zero-order valence-corrected chi connectivity index (χ0v) is 12.3. The second-order valence-corrected chi connectivity index (χ2v) is 5.56. The number of carbonyl (C=O) groups excluding carboxylic acids is 1. The first-order chi connectivity index (χ1) is 11.1. The van der Waals surface area contributed by atoms with Crippen molar-refractivity contribution in [2.24, 2.45) is 0 Å². The molecule has 0 atom stereocenters. The number of carbonyl (C=O) groups is 2. The van der Waals surface area contributed by atoms with E-state index in [2.05, 4.69) is 10.3 Å². The molecule has 23 heavy (non-hydrogen) atoms. The molecular weight excluding hydrogens is 305 g/mol. The van der Waals surface area contributed by atoms with E-state index in [-0.39, 0.29) is 30.5 Å². The Morgan fingerprint density at radius 3 is 3.00 bits per heavy atom. The van der Waals surface area contributed by atoms with Crippen LogP contribution in [0.15, 0.2) is 24.2 Å². The Morgan fingerprint density at radius 2 is 2.35 bits per heavy atom. The fourth-order valence-electron chi connectivity index (χ4n) is 2.45. The summed E-state index contributed by atoms with van der Waals surface area (Å²) in [4.78, 5) is 28.5. The molecule has 0 radical (unpaired) electrons. The van der Waals surface area contributed by atoms with Crippen LogP contribution in [0.1, 0.15) is 28.8 Å². The molecule has 2 N–H and O–H groups in total. The molecule has 1 saturated carbocycles. The van der Waals surface area contributed by atoms with Crippen LogP contribution < -0.4 is 10.1 Å². The van der Waals surface area contributed by atoms with E-state index in [9.17, 15) is 14.0 Å². The lowest BCUT2D eigenvalue weighted by atomic mass is 10.2. The van der Waals surface area contributed by atoms with E-state index in [0.717, 1.165) is 18.4 Å². The van der Waals surface area contributed by atoms with Gasteiger partial charge in [-0.25, -0.2) is 14.2 Å². The Bertz CT molecular complexity index is 673. The summed E-state index contributed by atoms with van der Waals surface area (Å²) in [7, 11) is 0. The highest BCUT2D eigenvalue weighted by atomic mass is 19.1. The number of amides is 2. The summed E-state index contributed by atoms with van der Waals surface area (Å²) in [6.45, 7) is 0.262. The van der Waals surface area contributed by atoms with Crippen molar-refractivity contribution in [1.82, 2.24) is 15.2 Å². The maximum absolute atomic E-state index is 12.7. The molecule has 2 heterocycles. The number of pyridine rings is 1. The van der Waals surface area contributed by atoms with Gasteiger partial charge in [0, 0.05) is 37.0 Å². The molecule has 2 aliphatic rings. The second-order valence-electron chi connectivity index (χ2n) is 5.56. The molecule has 1 aromatic rings. The summed E-state index contributed by atoms with van der Waals surface area (Å²) < 4.78 is 18.1. The van der Waals surface area contributed by atoms with Crippen molar-refractivity contribution < 1.29 is 23.8 Å². The molecule has 0 spiro atoms. The van der Waals surface area contributed by atoms with Crippen molar-refractivity contribution >= 4 is 12.0 Å². The van der Waals surface area contributed by atoms with Gasteiger partial charge in [0.2, 0.25) is 5.88 Å². The molecule has 0 aromatic carbocycles. The summed E-state index contributed by atoms with van der Waals surface area (Å²) in [6, 6.07) is 2.01. The van der Waals surface area contributed by atoms with Crippen LogP contribution in [-0.2, 0) is 6.54 Å². The van der Waals surface area contributed by atoms with Gasteiger partial charge in [0.25, 0.3) is 5.91 Å². The molecule has 2 amide bonds. The molecule has 3 rings (SSSR count). The van der Waals surface area contributed by atoms with E-state index in [4.69, 9.17) is 9.84 Å². The molecule has 0 bridgehead atoms. The third-order valence-corrected chi connectivity index (χ3v) is 3.81. The third kappa shape index (κ3) is 3.41. The van der Waals surface area contributed by atoms with Crippen molar-refractivity contribution in [2.45, 2.75) is 25.4 Å². The van der Waals surface area contributed by atoms with Crippen LogP contribution in [0, 0.1) is 0 Å². The lowest BCUT2D eigenvalue weighted by Gasteiger charge is -2.13. The van der Waals surface area contributed by atoms with E-state index >= 15 is 0 Å². The molecule has 0 saturated heterocycles. The molecule has 1 aliphatic carbocycles. The van der Waals surface area contributed by atoms with Gasteiger partial charge in [-0.05, 0) is 18.4 Å². The minimum absolute atomic E-state index is 0.00319. The summed E-state index contributed by atoms with van der Waals surface area (Å²) >= 11 is 0. The predicted octanol–water partition coefficient (Wildman–Crippen LogP) is 1.70. The SMILES string of the molecule is O=C(O)NC/C(=C\F)COc1cc2c(cn1)C(=O)N(C1CC1)C2. The zero-order chi connectivity index (χ0) is 16.4. The lowest BCUT2D eigenvalue weighted by Crippen LogP contribution is -2.25. The molecular formula is C15H16FN3O4. The van der Waals surface area contributed by atoms with Crippen LogP contribution in [0.5, 0.6) is 5.88 Å². The third-order valence-electron chi connectivity index (χ3n) is 3.81. The van der Waals surface area contributed by atoms with Crippen molar-refractivity contribution in [1.29, 1.82) is 0 Å². The number of aromatic nitrogens is 1. The Labute approximate surface area is 131 Å². The minimum Gasteiger partial charge on any atom is -0.473 e. The normalized spacial score (nSPS) is 17.2. The molecule has 0 unspecified atom stereocenters. The summed E-state index contributed by atoms with van der Waals surface area (Å²) in [5, 5.41) is 10.6. The highest BCUT2D eigenvalue weighted by molar-refractivity contribution is 5.98. The lowest BCUT2D eigenvalue weighted by molar-refractivity contribution is 0.0766. The highest BCUT2D eigenvalue weighted by Crippen LogP contribution is 2.35. The number of hydrogen-bond acceptors (Lipinski definition) is 4. The molecule has 1 aliphatic heterocycles. The van der Waals surface area contributed by atoms with E-state index < -0.39 is 6.09 Å². The van der Waals surface area contributed by atoms with Gasteiger partial charge in [0.15, 0.2) is 0 Å². The van der Waals surface area contributed by atoms with Gasteiger partial charge in [0.05, 0.1) is 11.9 Å². The van der Waals surface area contributed by atoms with Crippen molar-refractivity contribution in [3.8, 4) is 5.88 Å². The Hall–Kier alpha value is -2.64. The number of nitrogens with one attached hydrogen (secondary N) is 1. The van der Waals surface area contributed by atoms with Crippen LogP contribution in [0.25, 0.3) is 0 Å². The standard InChI is InChI=1S/C15H16FN3O4/c16-4-9(5-18-15(21)22)8-23-13-3-10-7-19(11-1-2-11)14(20)12(10)6-17-13/h3-4,6,11,18H,1-2,5,7-8H2,(H,21,22)/b9-4+. The monoisotopic (exact) mass is 321 g/mol. The van der Waals surface area contributed by atoms with Crippen molar-refractivity contribution in [3.63, 3.8) is 0 Å². The van der Waals surface area contributed by atoms with Crippen LogP contribution in [0.3, 0.4) is 0 Å². The Morgan fingerprint density at radius 1 is 1.57 bits per heavy atom. The predicted molar refractivity (Wildman–Crippen MR) is 77.8 cm³/mol. The van der Waals surface area contributed by atoms with Gasteiger partial charge in [-0.1, -0.05) is 0 Å². The molecule has 1 fully saturated rings. The Kier molecular flexibility index (Phi) is 4.14. The van der Waals surface area contributed by atoms with E-state index in [1.807, 2.05) is 4.90 Å². The first kappa shape index (κ1) is 15.3. The molecule has 8 heteroatoms. The zero-order valence-electron chi connectivity index (χ0n) is 12.3. The number of ether oxygens (including phenoxy) is 1. The number of fused-ring (bicyclic) bond motifs is 1. The first-order valence-electron chi connectivity index (χ1n) is 7.26. The van der Waals surface area contributed by atoms with Gasteiger partial charge in [-0.15, -0.1) is 0 Å². The van der Waals surface area contributed by atoms with Gasteiger partial charge in [0.1, 0.15) is 6.61 Å². The summed E-state index contributed by atoms with van der Waals surface area (Å²) in [5.74, 6) is 0.278. The van der Waals surface area contributed by atoms with E-state index in [1.165, 1.54) is 6.20 Å². The largest absolute Gasteiger partial charge is 0.473 e. The molecule has 7 nitrogen and oxygen atoms in total. The first-order valence-corrected chi connectivity index (χ1v) is 7.26. The van der Waals surface area contributed by atoms with Crippen LogP contribution in [-0.4, -0.2) is 46.2 Å². The van der Waals surface area contributed by atoms with Crippen LogP contribution in [0.4, 0.5) is 9.18 Å². The topological polar surface area (TPSA) is 91.8 Å². The average molecular weight is 321 g/mol. The van der Waals surface area contributed by atoms with Crippen LogP contribution in [0.2, 0.25) is 0 Å². The fourth-order valence-corrected chi connectivity index (χ4v) is 2.45. The summed E-state index contributed by atoms with van der Waals surface area (Å²) in [5.41, 5.74) is 1.57. The average Bonchev–Trinajstić information content (AvgIpc) is 3.32. The minimum atomic E-state index is -1.24. The number of rotatable bonds is 6. The second kappa shape index (κ2) is 6.23. The van der Waals surface area contributed by atoms with Gasteiger partial charge in [-0.3, -0.25) is 4.79 Å². The van der Waals surface area contributed by atoms with Crippen LogP contribution >= 0.6 is 0 Å². The van der Waals surface area contributed by atoms with E-state index in [0.29, 0.717) is 24.5 Å². The fraction of sp³-hybridized carbons (Fsp3) is 0.400. The maximum Gasteiger partial charge on any atom is 0.404 e. The maximum atomic E-state index is 12.7. The number of carboxylic acid groups (broad SMARTS) is 1. The highest BCUT2D eigenvalue weighted by Gasteiger charge is 2.38. The van der Waals surface area contributed by atoms with Crippen molar-refractivity contribution in [2.75, 3.05) is 13.2 Å².